The Labute approximate surface area is 173 Å². The molecule has 0 spiro atoms. The molecule has 3 atom stereocenters. The number of hydrogen-bond donors (Lipinski definition) is 1. The molecule has 9 heteroatoms. The second kappa shape index (κ2) is 6.88. The topological polar surface area (TPSA) is 87.8 Å². The summed E-state index contributed by atoms with van der Waals surface area (Å²) < 4.78 is 43.0. The Morgan fingerprint density at radius 2 is 1.93 bits per heavy atom. The smallest absolute Gasteiger partial charge is 0.231 e. The highest BCUT2D eigenvalue weighted by Crippen LogP contribution is 2.65. The minimum absolute atomic E-state index is 0.0962. The molecule has 1 saturated carbocycles. The first kappa shape index (κ1) is 19.4. The molecule has 1 fully saturated rings. The molecular weight excluding hydrogens is 422 g/mol. The predicted molar refractivity (Wildman–Crippen MR) is 109 cm³/mol. The Kier molecular flexibility index (Phi) is 4.78. The summed E-state index contributed by atoms with van der Waals surface area (Å²) in [5.41, 5.74) is 5.82. The van der Waals surface area contributed by atoms with E-state index in [0.717, 1.165) is 5.56 Å². The minimum atomic E-state index is -3.75. The molecule has 6 nitrogen and oxygen atoms in total. The zero-order valence-corrected chi connectivity index (χ0v) is 17.3. The van der Waals surface area contributed by atoms with Gasteiger partial charge in [-0.2, -0.15) is 0 Å². The summed E-state index contributed by atoms with van der Waals surface area (Å²) in [5.74, 6) is 0.732. The molecule has 0 radical (unpaired) electrons. The number of hydrogen-bond acceptors (Lipinski definition) is 6. The van der Waals surface area contributed by atoms with Crippen LogP contribution in [0.3, 0.4) is 0 Å². The van der Waals surface area contributed by atoms with Gasteiger partial charge in [-0.3, -0.25) is 0 Å². The average Bonchev–Trinajstić information content (AvgIpc) is 3.13. The fraction of sp³-hybridized carbons (Fsp3) is 0.316. The number of benzene rings is 2. The van der Waals surface area contributed by atoms with Crippen LogP contribution in [0.1, 0.15) is 11.5 Å². The normalized spacial score (nSPS) is 25.5. The van der Waals surface area contributed by atoms with Crippen LogP contribution in [0.4, 0.5) is 0 Å². The molecule has 0 bridgehead atoms. The van der Waals surface area contributed by atoms with Crippen LogP contribution < -0.4 is 15.2 Å². The summed E-state index contributed by atoms with van der Waals surface area (Å²) in [7, 11) is -2.25. The van der Waals surface area contributed by atoms with Gasteiger partial charge in [0.1, 0.15) is 0 Å². The van der Waals surface area contributed by atoms with Gasteiger partial charge in [0.2, 0.25) is 6.79 Å². The molecule has 1 aliphatic carbocycles. The van der Waals surface area contributed by atoms with E-state index in [4.69, 9.17) is 43.8 Å². The van der Waals surface area contributed by atoms with Gasteiger partial charge in [0, 0.05) is 18.1 Å². The van der Waals surface area contributed by atoms with Gasteiger partial charge in [0.15, 0.2) is 21.3 Å². The van der Waals surface area contributed by atoms with Crippen molar-refractivity contribution in [2.75, 3.05) is 20.5 Å². The van der Waals surface area contributed by atoms with Crippen molar-refractivity contribution in [1.82, 2.24) is 0 Å². The van der Waals surface area contributed by atoms with Crippen molar-refractivity contribution in [3.8, 4) is 11.5 Å². The molecule has 1 aliphatic heterocycles. The van der Waals surface area contributed by atoms with Crippen LogP contribution in [0.25, 0.3) is 0 Å². The maximum atomic E-state index is 13.4. The highest BCUT2D eigenvalue weighted by atomic mass is 35.5. The molecule has 0 saturated heterocycles. The Morgan fingerprint density at radius 3 is 2.57 bits per heavy atom. The second-order valence-electron chi connectivity index (χ2n) is 6.85. The van der Waals surface area contributed by atoms with E-state index in [-0.39, 0.29) is 23.3 Å². The lowest BCUT2D eigenvalue weighted by Crippen LogP contribution is -2.33. The van der Waals surface area contributed by atoms with Crippen molar-refractivity contribution in [3.05, 3.63) is 53.1 Å². The fourth-order valence-corrected chi connectivity index (χ4v) is 6.88. The first-order valence-corrected chi connectivity index (χ1v) is 10.8. The van der Waals surface area contributed by atoms with Gasteiger partial charge in [0.25, 0.3) is 0 Å². The Morgan fingerprint density at radius 1 is 1.25 bits per heavy atom. The highest BCUT2D eigenvalue weighted by Gasteiger charge is 2.73. The lowest BCUT2D eigenvalue weighted by atomic mass is 9.99. The fourth-order valence-electron chi connectivity index (χ4n) is 3.99. The zero-order valence-electron chi connectivity index (χ0n) is 14.9. The zero-order chi connectivity index (χ0) is 20.1. The number of fused-ring (bicyclic) bond motifs is 1. The quantitative estimate of drug-likeness (QED) is 0.692. The number of sulfone groups is 1. The van der Waals surface area contributed by atoms with E-state index >= 15 is 0 Å². The van der Waals surface area contributed by atoms with E-state index in [0.29, 0.717) is 16.5 Å². The van der Waals surface area contributed by atoms with E-state index in [2.05, 4.69) is 0 Å². The lowest BCUT2D eigenvalue weighted by molar-refractivity contribution is 0.166. The molecule has 148 valence electrons. The van der Waals surface area contributed by atoms with Crippen molar-refractivity contribution < 1.29 is 22.6 Å². The van der Waals surface area contributed by atoms with Crippen LogP contribution >= 0.6 is 23.8 Å². The Balaban J connectivity index is 1.81. The monoisotopic (exact) mass is 439 g/mol. The van der Waals surface area contributed by atoms with Crippen LogP contribution in [-0.2, 0) is 14.6 Å². The molecule has 2 aromatic carbocycles. The summed E-state index contributed by atoms with van der Waals surface area (Å²) in [6, 6.07) is 11.4. The number of ether oxygens (including phenoxy) is 3. The molecule has 28 heavy (non-hydrogen) atoms. The summed E-state index contributed by atoms with van der Waals surface area (Å²) in [6.07, 6.45) is 0. The number of thiocarbonyl (C=S) groups is 1. The first-order chi connectivity index (χ1) is 13.3. The van der Waals surface area contributed by atoms with Crippen molar-refractivity contribution in [2.24, 2.45) is 11.1 Å². The van der Waals surface area contributed by atoms with Crippen molar-refractivity contribution in [2.45, 2.75) is 16.1 Å². The minimum Gasteiger partial charge on any atom is -0.454 e. The third-order valence-corrected chi connectivity index (χ3v) is 8.25. The first-order valence-electron chi connectivity index (χ1n) is 8.50. The molecule has 0 amide bonds. The van der Waals surface area contributed by atoms with Crippen LogP contribution in [0, 0.1) is 5.41 Å². The van der Waals surface area contributed by atoms with E-state index in [1.165, 1.54) is 19.2 Å². The average molecular weight is 440 g/mol. The predicted octanol–water partition coefficient (Wildman–Crippen LogP) is 2.93. The van der Waals surface area contributed by atoms with E-state index in [1.54, 1.807) is 24.3 Å². The van der Waals surface area contributed by atoms with Crippen molar-refractivity contribution in [1.29, 1.82) is 0 Å². The second-order valence-corrected chi connectivity index (χ2v) is 9.79. The third-order valence-electron chi connectivity index (χ3n) is 5.33. The molecule has 2 aliphatic rings. The van der Waals surface area contributed by atoms with Crippen LogP contribution in [0.2, 0.25) is 5.02 Å². The molecule has 1 heterocycles. The van der Waals surface area contributed by atoms with Crippen LogP contribution in [0.15, 0.2) is 47.4 Å². The molecular formula is C19H18ClNO5S2. The van der Waals surface area contributed by atoms with Gasteiger partial charge in [0.05, 0.1) is 27.2 Å². The number of methoxy groups -OCH3 is 1. The highest BCUT2D eigenvalue weighted by molar-refractivity contribution is 7.92. The van der Waals surface area contributed by atoms with E-state index in [9.17, 15) is 8.42 Å². The maximum Gasteiger partial charge on any atom is 0.231 e. The van der Waals surface area contributed by atoms with Crippen molar-refractivity contribution in [3.63, 3.8) is 0 Å². The summed E-state index contributed by atoms with van der Waals surface area (Å²) in [4.78, 5) is 0.279. The molecule has 4 rings (SSSR count). The maximum absolute atomic E-state index is 13.4. The van der Waals surface area contributed by atoms with Gasteiger partial charge < -0.3 is 19.9 Å². The molecule has 2 N–H and O–H groups in total. The van der Waals surface area contributed by atoms with Crippen LogP contribution in [-0.4, -0.2) is 39.2 Å². The van der Waals surface area contributed by atoms with Crippen LogP contribution in [0.5, 0.6) is 11.5 Å². The standard InChI is InChI=1S/C19H18ClNO5S2/c1-24-9-19(18(21)27)16(11-2-7-14-15(8-11)26-10-25-14)17(19)28(22,23)13-5-3-12(20)4-6-13/h2-8,16-17H,9-10H2,1H3,(H2,21,27). The van der Waals surface area contributed by atoms with Gasteiger partial charge in [-0.05, 0) is 42.0 Å². The van der Waals surface area contributed by atoms with Gasteiger partial charge >= 0.3 is 0 Å². The number of halogens is 1. The number of nitrogens with two attached hydrogens (primary N) is 1. The van der Waals surface area contributed by atoms with Gasteiger partial charge in [-0.25, -0.2) is 8.42 Å². The SMILES string of the molecule is COCC1(C(N)=S)C(c2ccc3c(c2)OCO3)C1S(=O)(=O)c1ccc(Cl)cc1. The van der Waals surface area contributed by atoms with E-state index < -0.39 is 26.4 Å². The summed E-state index contributed by atoms with van der Waals surface area (Å²) in [6.45, 7) is 0.230. The Bertz CT molecular complexity index is 1040. The summed E-state index contributed by atoms with van der Waals surface area (Å²) >= 11 is 11.2. The number of rotatable bonds is 6. The Hall–Kier alpha value is -1.87. The van der Waals surface area contributed by atoms with Gasteiger partial charge in [-0.15, -0.1) is 0 Å². The third kappa shape index (κ3) is 2.86. The van der Waals surface area contributed by atoms with Gasteiger partial charge in [-0.1, -0.05) is 29.9 Å². The lowest BCUT2D eigenvalue weighted by Gasteiger charge is -2.16. The molecule has 0 aromatic heterocycles. The van der Waals surface area contributed by atoms with E-state index in [1.807, 2.05) is 6.07 Å². The molecule has 2 aromatic rings. The molecule has 3 unspecified atom stereocenters. The summed E-state index contributed by atoms with van der Waals surface area (Å²) in [5, 5.41) is -0.390. The van der Waals surface area contributed by atoms with Crippen molar-refractivity contribution >= 4 is 38.6 Å². The largest absolute Gasteiger partial charge is 0.454 e.